The van der Waals surface area contributed by atoms with Crippen molar-refractivity contribution >= 4 is 11.8 Å². The monoisotopic (exact) mass is 228 g/mol. The van der Waals surface area contributed by atoms with Gasteiger partial charge in [0.2, 0.25) is 0 Å². The van der Waals surface area contributed by atoms with Crippen LogP contribution in [0.3, 0.4) is 0 Å². The Morgan fingerprint density at radius 3 is 2.13 bits per heavy atom. The minimum absolute atomic E-state index is 0.565. The van der Waals surface area contributed by atoms with E-state index >= 15 is 0 Å². The van der Waals surface area contributed by atoms with Crippen LogP contribution in [0.25, 0.3) is 0 Å². The average Bonchev–Trinajstić information content (AvgIpc) is 2.26. The van der Waals surface area contributed by atoms with Crippen molar-refractivity contribution in [2.75, 3.05) is 20.5 Å². The van der Waals surface area contributed by atoms with Gasteiger partial charge in [-0.2, -0.15) is 0 Å². The Labute approximate surface area is 93.9 Å². The third kappa shape index (κ3) is 2.56. The fraction of sp³-hybridized carbons (Fsp3) is 0.400. The number of nitrogens with two attached hydrogens (primary N) is 2. The van der Waals surface area contributed by atoms with E-state index in [2.05, 4.69) is 0 Å². The van der Waals surface area contributed by atoms with Gasteiger partial charge in [0.1, 0.15) is 11.5 Å². The zero-order valence-electron chi connectivity index (χ0n) is 9.11. The predicted octanol–water partition coefficient (Wildman–Crippen LogP) is 1.34. The van der Waals surface area contributed by atoms with Gasteiger partial charge in [-0.3, -0.25) is 0 Å². The van der Waals surface area contributed by atoms with E-state index in [0.29, 0.717) is 5.75 Å². The van der Waals surface area contributed by atoms with Crippen molar-refractivity contribution in [3.8, 4) is 11.5 Å². The van der Waals surface area contributed by atoms with Crippen molar-refractivity contribution in [3.05, 3.63) is 17.7 Å². The largest absolute Gasteiger partial charge is 0.496 e. The summed E-state index contributed by atoms with van der Waals surface area (Å²) in [6.07, 6.45) is 1.41. The fourth-order valence-corrected chi connectivity index (χ4v) is 1.88. The minimum atomic E-state index is -0.565. The number of benzene rings is 1. The predicted molar refractivity (Wildman–Crippen MR) is 62.4 cm³/mol. The Morgan fingerprint density at radius 1 is 1.13 bits per heavy atom. The molecular weight excluding hydrogens is 212 g/mol. The zero-order chi connectivity index (χ0) is 11.4. The lowest BCUT2D eigenvalue weighted by Gasteiger charge is -2.15. The topological polar surface area (TPSA) is 70.5 Å². The standard InChI is InChI=1S/C10H16N2O2S/c1-13-7-5-9(15-3)8(14-2)4-6(7)10(11)12/h4-5,10H,11-12H2,1-3H3. The Kier molecular flexibility index (Phi) is 4.26. The van der Waals surface area contributed by atoms with Gasteiger partial charge in [0.15, 0.2) is 0 Å². The number of methoxy groups -OCH3 is 2. The SMILES string of the molecule is COc1cc(C(N)N)c(OC)cc1SC. The molecule has 4 N–H and O–H groups in total. The number of ether oxygens (including phenoxy) is 2. The van der Waals surface area contributed by atoms with E-state index in [1.54, 1.807) is 26.0 Å². The summed E-state index contributed by atoms with van der Waals surface area (Å²) in [5, 5.41) is 0. The van der Waals surface area contributed by atoms with Crippen LogP contribution in [0.15, 0.2) is 17.0 Å². The molecule has 0 spiro atoms. The second kappa shape index (κ2) is 5.25. The smallest absolute Gasteiger partial charge is 0.133 e. The lowest BCUT2D eigenvalue weighted by molar-refractivity contribution is 0.388. The first-order valence-electron chi connectivity index (χ1n) is 4.45. The quantitative estimate of drug-likeness (QED) is 0.601. The molecule has 15 heavy (non-hydrogen) atoms. The first-order valence-corrected chi connectivity index (χ1v) is 5.67. The van der Waals surface area contributed by atoms with Gasteiger partial charge in [-0.25, -0.2) is 0 Å². The maximum absolute atomic E-state index is 5.64. The van der Waals surface area contributed by atoms with Crippen LogP contribution < -0.4 is 20.9 Å². The van der Waals surface area contributed by atoms with Gasteiger partial charge in [-0.15, -0.1) is 11.8 Å². The van der Waals surface area contributed by atoms with Crippen molar-refractivity contribution in [2.24, 2.45) is 11.5 Å². The highest BCUT2D eigenvalue weighted by Crippen LogP contribution is 2.35. The van der Waals surface area contributed by atoms with E-state index in [-0.39, 0.29) is 0 Å². The summed E-state index contributed by atoms with van der Waals surface area (Å²) >= 11 is 1.58. The summed E-state index contributed by atoms with van der Waals surface area (Å²) in [4.78, 5) is 0.999. The van der Waals surface area contributed by atoms with Crippen LogP contribution in [0.2, 0.25) is 0 Å². The molecule has 0 heterocycles. The number of hydrogen-bond acceptors (Lipinski definition) is 5. The average molecular weight is 228 g/mol. The van der Waals surface area contributed by atoms with Gasteiger partial charge >= 0.3 is 0 Å². The minimum Gasteiger partial charge on any atom is -0.496 e. The molecule has 0 saturated heterocycles. The van der Waals surface area contributed by atoms with Crippen LogP contribution in [-0.4, -0.2) is 20.5 Å². The molecule has 0 unspecified atom stereocenters. The van der Waals surface area contributed by atoms with E-state index in [1.807, 2.05) is 18.4 Å². The highest BCUT2D eigenvalue weighted by molar-refractivity contribution is 7.98. The van der Waals surface area contributed by atoms with Gasteiger partial charge in [0.05, 0.1) is 25.3 Å². The lowest BCUT2D eigenvalue weighted by Crippen LogP contribution is -2.21. The van der Waals surface area contributed by atoms with Crippen LogP contribution in [0.4, 0.5) is 0 Å². The van der Waals surface area contributed by atoms with Crippen LogP contribution in [0, 0.1) is 0 Å². The summed E-state index contributed by atoms with van der Waals surface area (Å²) < 4.78 is 10.5. The van der Waals surface area contributed by atoms with Crippen LogP contribution >= 0.6 is 11.8 Å². The first-order chi connectivity index (χ1) is 7.13. The Bertz CT molecular complexity index is 342. The van der Waals surface area contributed by atoms with Crippen LogP contribution in [0.5, 0.6) is 11.5 Å². The first kappa shape index (κ1) is 12.2. The molecule has 0 saturated carbocycles. The number of hydrogen-bond donors (Lipinski definition) is 2. The van der Waals surface area contributed by atoms with Gasteiger partial charge in [-0.05, 0) is 18.4 Å². The van der Waals surface area contributed by atoms with Gasteiger partial charge in [0.25, 0.3) is 0 Å². The summed E-state index contributed by atoms with van der Waals surface area (Å²) in [5.41, 5.74) is 12.0. The molecule has 0 amide bonds. The molecule has 0 aliphatic heterocycles. The lowest BCUT2D eigenvalue weighted by atomic mass is 10.1. The Hall–Kier alpha value is -0.910. The molecular formula is C10H16N2O2S. The zero-order valence-corrected chi connectivity index (χ0v) is 9.93. The molecule has 0 bridgehead atoms. The van der Waals surface area contributed by atoms with E-state index in [1.165, 1.54) is 0 Å². The van der Waals surface area contributed by atoms with Gasteiger partial charge < -0.3 is 20.9 Å². The van der Waals surface area contributed by atoms with E-state index in [9.17, 15) is 0 Å². The summed E-state index contributed by atoms with van der Waals surface area (Å²) in [7, 11) is 3.21. The van der Waals surface area contributed by atoms with Crippen LogP contribution in [0.1, 0.15) is 11.7 Å². The molecule has 4 nitrogen and oxygen atoms in total. The number of thioether (sulfide) groups is 1. The second-order valence-corrected chi connectivity index (χ2v) is 3.82. The molecule has 5 heteroatoms. The van der Waals surface area contributed by atoms with Gasteiger partial charge in [0, 0.05) is 5.56 Å². The summed E-state index contributed by atoms with van der Waals surface area (Å²) in [6.45, 7) is 0. The highest BCUT2D eigenvalue weighted by atomic mass is 32.2. The molecule has 0 aliphatic carbocycles. The molecule has 84 valence electrons. The maximum Gasteiger partial charge on any atom is 0.133 e. The van der Waals surface area contributed by atoms with Crippen molar-refractivity contribution in [2.45, 2.75) is 11.1 Å². The molecule has 0 fully saturated rings. The molecule has 1 aromatic rings. The van der Waals surface area contributed by atoms with Crippen molar-refractivity contribution < 1.29 is 9.47 Å². The molecule has 0 radical (unpaired) electrons. The van der Waals surface area contributed by atoms with Crippen molar-refractivity contribution in [1.29, 1.82) is 0 Å². The Morgan fingerprint density at radius 2 is 1.73 bits per heavy atom. The molecule has 0 aliphatic rings. The van der Waals surface area contributed by atoms with E-state index < -0.39 is 6.17 Å². The van der Waals surface area contributed by atoms with Crippen molar-refractivity contribution in [3.63, 3.8) is 0 Å². The Balaban J connectivity index is 3.27. The van der Waals surface area contributed by atoms with Gasteiger partial charge in [-0.1, -0.05) is 0 Å². The molecule has 0 aromatic heterocycles. The second-order valence-electron chi connectivity index (χ2n) is 2.97. The third-order valence-electron chi connectivity index (χ3n) is 2.10. The molecule has 0 atom stereocenters. The van der Waals surface area contributed by atoms with E-state index in [0.717, 1.165) is 16.2 Å². The maximum atomic E-state index is 5.64. The summed E-state index contributed by atoms with van der Waals surface area (Å²) in [5.74, 6) is 1.45. The molecule has 1 rings (SSSR count). The third-order valence-corrected chi connectivity index (χ3v) is 2.85. The van der Waals surface area contributed by atoms with E-state index in [4.69, 9.17) is 20.9 Å². The fourth-order valence-electron chi connectivity index (χ4n) is 1.31. The van der Waals surface area contributed by atoms with Crippen molar-refractivity contribution in [1.82, 2.24) is 0 Å². The number of rotatable bonds is 4. The highest BCUT2D eigenvalue weighted by Gasteiger charge is 2.13. The normalized spacial score (nSPS) is 10.5. The summed E-state index contributed by atoms with van der Waals surface area (Å²) in [6, 6.07) is 3.70. The molecule has 1 aromatic carbocycles. The van der Waals surface area contributed by atoms with Crippen LogP contribution in [-0.2, 0) is 0 Å².